The summed E-state index contributed by atoms with van der Waals surface area (Å²) in [6.45, 7) is 3.48. The van der Waals surface area contributed by atoms with Crippen LogP contribution in [0.25, 0.3) is 0 Å². The van der Waals surface area contributed by atoms with E-state index < -0.39 is 18.6 Å². The number of rotatable bonds is 6. The molecule has 0 heterocycles. The lowest BCUT2D eigenvalue weighted by atomic mass is 10.3. The monoisotopic (exact) mass is 300 g/mol. The van der Waals surface area contributed by atoms with Crippen LogP contribution in [0.2, 0.25) is 0 Å². The normalized spacial score (nSPS) is 12.8. The number of hydrogen-bond acceptors (Lipinski definition) is 5. The van der Waals surface area contributed by atoms with Crippen LogP contribution in [0.1, 0.15) is 13.8 Å². The summed E-state index contributed by atoms with van der Waals surface area (Å²) in [5.41, 5.74) is 1.75. The molecule has 0 bridgehead atoms. The number of hydrogen-bond donors (Lipinski definition) is 2. The molecule has 116 valence electrons. The van der Waals surface area contributed by atoms with Crippen molar-refractivity contribution in [2.45, 2.75) is 26.3 Å². The van der Waals surface area contributed by atoms with Crippen molar-refractivity contribution in [1.82, 2.24) is 0 Å². The largest absolute Gasteiger partial charge is 0.512 e. The van der Waals surface area contributed by atoms with Crippen molar-refractivity contribution in [3.8, 4) is 0 Å². The predicted octanol–water partition coefficient (Wildman–Crippen LogP) is 4.06. The molecule has 2 aromatic rings. The van der Waals surface area contributed by atoms with Gasteiger partial charge in [-0.05, 0) is 38.1 Å². The van der Waals surface area contributed by atoms with Crippen LogP contribution >= 0.6 is 0 Å². The zero-order chi connectivity index (χ0) is 15.8. The third kappa shape index (κ3) is 5.36. The second-order valence-electron chi connectivity index (χ2n) is 4.79. The summed E-state index contributed by atoms with van der Waals surface area (Å²) < 4.78 is 10.3. The van der Waals surface area contributed by atoms with E-state index in [1.54, 1.807) is 13.8 Å². The van der Waals surface area contributed by atoms with Crippen LogP contribution in [0.3, 0.4) is 0 Å². The van der Waals surface area contributed by atoms with Crippen LogP contribution < -0.4 is 10.6 Å². The molecule has 2 rings (SSSR count). The van der Waals surface area contributed by atoms with E-state index in [4.69, 9.17) is 9.47 Å². The molecule has 2 unspecified atom stereocenters. The van der Waals surface area contributed by atoms with Gasteiger partial charge in [-0.15, -0.1) is 0 Å². The van der Waals surface area contributed by atoms with Gasteiger partial charge in [0.2, 0.25) is 0 Å². The molecule has 5 nitrogen and oxygen atoms in total. The van der Waals surface area contributed by atoms with E-state index in [2.05, 4.69) is 10.6 Å². The fraction of sp³-hybridized carbons (Fsp3) is 0.235. The molecule has 2 aromatic carbocycles. The lowest BCUT2D eigenvalue weighted by Gasteiger charge is -2.19. The quantitative estimate of drug-likeness (QED) is 0.622. The molecule has 0 fully saturated rings. The number of carbonyl (C=O) groups excluding carboxylic acids is 1. The first-order valence-electron chi connectivity index (χ1n) is 7.14. The third-order valence-corrected chi connectivity index (χ3v) is 2.83. The van der Waals surface area contributed by atoms with Crippen LogP contribution in [0, 0.1) is 0 Å². The summed E-state index contributed by atoms with van der Waals surface area (Å²) >= 11 is 0. The predicted molar refractivity (Wildman–Crippen MR) is 86.6 cm³/mol. The van der Waals surface area contributed by atoms with E-state index in [1.165, 1.54) is 0 Å². The highest BCUT2D eigenvalue weighted by Crippen LogP contribution is 2.10. The number of benzene rings is 2. The Labute approximate surface area is 130 Å². The second-order valence-corrected chi connectivity index (χ2v) is 4.79. The van der Waals surface area contributed by atoms with Gasteiger partial charge in [-0.1, -0.05) is 36.4 Å². The molecule has 0 aliphatic carbocycles. The molecule has 0 saturated carbocycles. The maximum atomic E-state index is 11.7. The van der Waals surface area contributed by atoms with Gasteiger partial charge in [0.1, 0.15) is 0 Å². The summed E-state index contributed by atoms with van der Waals surface area (Å²) in [6, 6.07) is 19.0. The lowest BCUT2D eigenvalue weighted by molar-refractivity contribution is 0.0210. The average molecular weight is 300 g/mol. The minimum atomic E-state index is -0.730. The molecule has 0 radical (unpaired) electrons. The highest BCUT2D eigenvalue weighted by atomic mass is 16.7. The standard InChI is InChI=1S/C17H20N2O3/c1-13(18-15-9-5-3-6-10-15)21-17(20)22-14(2)19-16-11-7-4-8-12-16/h3-14,18-19H,1-2H3. The van der Waals surface area contributed by atoms with Gasteiger partial charge in [0.25, 0.3) is 0 Å². The molecular weight excluding hydrogens is 280 g/mol. The summed E-state index contributed by atoms with van der Waals surface area (Å²) in [6.07, 6.45) is -1.70. The molecule has 22 heavy (non-hydrogen) atoms. The first kappa shape index (κ1) is 15.7. The van der Waals surface area contributed by atoms with Crippen molar-refractivity contribution in [2.75, 3.05) is 10.6 Å². The van der Waals surface area contributed by atoms with Crippen molar-refractivity contribution in [3.63, 3.8) is 0 Å². The first-order valence-corrected chi connectivity index (χ1v) is 7.14. The Balaban J connectivity index is 1.75. The van der Waals surface area contributed by atoms with E-state index >= 15 is 0 Å². The number of anilines is 2. The van der Waals surface area contributed by atoms with Crippen LogP contribution in [0.15, 0.2) is 60.7 Å². The van der Waals surface area contributed by atoms with E-state index in [1.807, 2.05) is 60.7 Å². The summed E-state index contributed by atoms with van der Waals surface area (Å²) in [4.78, 5) is 11.7. The van der Waals surface area contributed by atoms with Gasteiger partial charge >= 0.3 is 6.16 Å². The molecule has 0 aliphatic heterocycles. The maximum Gasteiger partial charge on any atom is 0.512 e. The zero-order valence-corrected chi connectivity index (χ0v) is 12.7. The fourth-order valence-corrected chi connectivity index (χ4v) is 1.91. The molecular formula is C17H20N2O3. The maximum absolute atomic E-state index is 11.7. The fourth-order valence-electron chi connectivity index (χ4n) is 1.91. The Bertz CT molecular complexity index is 523. The summed E-state index contributed by atoms with van der Waals surface area (Å²) in [7, 11) is 0. The molecule has 2 N–H and O–H groups in total. The van der Waals surface area contributed by atoms with Gasteiger partial charge in [0.15, 0.2) is 12.5 Å². The van der Waals surface area contributed by atoms with Crippen molar-refractivity contribution in [3.05, 3.63) is 60.7 Å². The smallest absolute Gasteiger partial charge is 0.411 e. The Morgan fingerprint density at radius 3 is 1.50 bits per heavy atom. The Kier molecular flexibility index (Phi) is 5.65. The molecule has 2 atom stereocenters. The summed E-state index contributed by atoms with van der Waals surface area (Å²) in [5.74, 6) is 0. The van der Waals surface area contributed by atoms with Crippen molar-refractivity contribution < 1.29 is 14.3 Å². The van der Waals surface area contributed by atoms with Gasteiger partial charge in [-0.25, -0.2) is 4.79 Å². The van der Waals surface area contributed by atoms with Crippen LogP contribution in [-0.4, -0.2) is 18.6 Å². The van der Waals surface area contributed by atoms with Crippen LogP contribution in [-0.2, 0) is 9.47 Å². The number of nitrogens with one attached hydrogen (secondary N) is 2. The van der Waals surface area contributed by atoms with E-state index in [0.717, 1.165) is 11.4 Å². The Hall–Kier alpha value is -2.69. The van der Waals surface area contributed by atoms with Gasteiger partial charge in [0, 0.05) is 11.4 Å². The molecule has 5 heteroatoms. The van der Waals surface area contributed by atoms with Gasteiger partial charge in [0.05, 0.1) is 0 Å². The number of ether oxygens (including phenoxy) is 2. The van der Waals surface area contributed by atoms with Crippen molar-refractivity contribution in [2.24, 2.45) is 0 Å². The topological polar surface area (TPSA) is 59.6 Å². The zero-order valence-electron chi connectivity index (χ0n) is 12.7. The van der Waals surface area contributed by atoms with E-state index in [-0.39, 0.29) is 0 Å². The van der Waals surface area contributed by atoms with Crippen molar-refractivity contribution in [1.29, 1.82) is 0 Å². The minimum Gasteiger partial charge on any atom is -0.411 e. The van der Waals surface area contributed by atoms with E-state index in [9.17, 15) is 4.79 Å². The minimum absolute atomic E-state index is 0.487. The molecule has 0 aliphatic rings. The Morgan fingerprint density at radius 2 is 1.14 bits per heavy atom. The van der Waals surface area contributed by atoms with Gasteiger partial charge < -0.3 is 20.1 Å². The first-order chi connectivity index (χ1) is 10.6. The van der Waals surface area contributed by atoms with Gasteiger partial charge in [-0.3, -0.25) is 0 Å². The highest BCUT2D eigenvalue weighted by Gasteiger charge is 2.14. The second kappa shape index (κ2) is 7.93. The van der Waals surface area contributed by atoms with E-state index in [0.29, 0.717) is 0 Å². The molecule has 0 aromatic heterocycles. The SMILES string of the molecule is CC(Nc1ccccc1)OC(=O)OC(C)Nc1ccccc1. The molecule has 0 spiro atoms. The molecule has 0 amide bonds. The average Bonchev–Trinajstić information content (AvgIpc) is 2.48. The van der Waals surface area contributed by atoms with Gasteiger partial charge in [-0.2, -0.15) is 0 Å². The number of carbonyl (C=O) groups is 1. The lowest BCUT2D eigenvalue weighted by Crippen LogP contribution is -2.28. The van der Waals surface area contributed by atoms with Crippen molar-refractivity contribution >= 4 is 17.5 Å². The molecule has 0 saturated heterocycles. The highest BCUT2D eigenvalue weighted by molar-refractivity contribution is 5.61. The van der Waals surface area contributed by atoms with Crippen LogP contribution in [0.5, 0.6) is 0 Å². The van der Waals surface area contributed by atoms with Crippen LogP contribution in [0.4, 0.5) is 16.2 Å². The summed E-state index contributed by atoms with van der Waals surface area (Å²) in [5, 5.41) is 6.10. The Morgan fingerprint density at radius 1 is 0.773 bits per heavy atom. The number of para-hydroxylation sites is 2. The third-order valence-electron chi connectivity index (χ3n) is 2.83.